The van der Waals surface area contributed by atoms with E-state index in [0.717, 1.165) is 17.8 Å². The lowest BCUT2D eigenvalue weighted by atomic mass is 9.77. The molecule has 17 nitrogen and oxygen atoms in total. The highest BCUT2D eigenvalue weighted by atomic mass is 32.2. The van der Waals surface area contributed by atoms with Crippen molar-refractivity contribution in [1.82, 2.24) is 5.32 Å². The van der Waals surface area contributed by atoms with Crippen LogP contribution in [-0.4, -0.2) is 106 Å². The van der Waals surface area contributed by atoms with Gasteiger partial charge in [0, 0.05) is 60.4 Å². The molecule has 61 heavy (non-hydrogen) atoms. The van der Waals surface area contributed by atoms with E-state index in [2.05, 4.69) is 9.89 Å². The Morgan fingerprint density at radius 3 is 2.00 bits per heavy atom. The van der Waals surface area contributed by atoms with Crippen molar-refractivity contribution in [3.8, 4) is 0 Å². The summed E-state index contributed by atoms with van der Waals surface area (Å²) in [7, 11) is -17.7. The first-order chi connectivity index (χ1) is 28.3. The lowest BCUT2D eigenvalue weighted by Gasteiger charge is -2.30. The van der Waals surface area contributed by atoms with Crippen LogP contribution in [0.3, 0.4) is 0 Å². The number of benzene rings is 2. The Hall–Kier alpha value is -3.80. The highest BCUT2D eigenvalue weighted by Gasteiger charge is 2.45. The molecular weight excluding hydrogens is 873 g/mol. The molecule has 0 aromatic heterocycles. The van der Waals surface area contributed by atoms with Gasteiger partial charge in [-0.25, -0.2) is 0 Å². The molecule has 0 fully saturated rings. The molecule has 2 aliphatic rings. The summed E-state index contributed by atoms with van der Waals surface area (Å²) >= 11 is 0. The second kappa shape index (κ2) is 20.1. The fourth-order valence-electron chi connectivity index (χ4n) is 7.93. The van der Waals surface area contributed by atoms with E-state index in [1.807, 2.05) is 26.8 Å². The maximum absolute atomic E-state index is 12.2. The number of nitrogens with two attached hydrogens (primary N) is 1. The van der Waals surface area contributed by atoms with Gasteiger partial charge in [0.2, 0.25) is 11.6 Å². The highest BCUT2D eigenvalue weighted by molar-refractivity contribution is 7.86. The zero-order valence-corrected chi connectivity index (χ0v) is 37.8. The number of nitrogens with zero attached hydrogens (tertiary/aromatic N) is 2. The van der Waals surface area contributed by atoms with E-state index in [0.29, 0.717) is 67.8 Å². The van der Waals surface area contributed by atoms with Gasteiger partial charge in [0.15, 0.2) is 5.71 Å². The Labute approximate surface area is 359 Å². The van der Waals surface area contributed by atoms with Crippen LogP contribution in [0, 0.1) is 0 Å². The lowest BCUT2D eigenvalue weighted by Crippen LogP contribution is -2.30. The van der Waals surface area contributed by atoms with Crippen molar-refractivity contribution in [3.63, 3.8) is 0 Å². The van der Waals surface area contributed by atoms with Crippen LogP contribution in [0.1, 0.15) is 89.7 Å². The number of allylic oxidation sites excluding steroid dienone is 6. The summed E-state index contributed by atoms with van der Waals surface area (Å²) < 4.78 is 136. The predicted molar refractivity (Wildman–Crippen MR) is 233 cm³/mol. The first-order valence-electron chi connectivity index (χ1n) is 19.9. The molecule has 2 aromatic carbocycles. The van der Waals surface area contributed by atoms with E-state index in [9.17, 15) is 56.7 Å². The van der Waals surface area contributed by atoms with E-state index in [-0.39, 0.29) is 47.9 Å². The zero-order valence-electron chi connectivity index (χ0n) is 34.5. The van der Waals surface area contributed by atoms with E-state index in [4.69, 9.17) is 5.73 Å². The van der Waals surface area contributed by atoms with Gasteiger partial charge < -0.3 is 16.0 Å². The zero-order chi connectivity index (χ0) is 45.4. The largest absolute Gasteiger partial charge is 0.356 e. The molecule has 338 valence electrons. The Balaban J connectivity index is 1.71. The van der Waals surface area contributed by atoms with Crippen LogP contribution < -0.4 is 16.0 Å². The van der Waals surface area contributed by atoms with E-state index in [1.54, 1.807) is 35.3 Å². The minimum atomic E-state index is -4.64. The minimum Gasteiger partial charge on any atom is -0.356 e. The van der Waals surface area contributed by atoms with E-state index >= 15 is 0 Å². The van der Waals surface area contributed by atoms with Crippen molar-refractivity contribution < 1.29 is 61.3 Å². The van der Waals surface area contributed by atoms with Crippen molar-refractivity contribution in [3.05, 3.63) is 83.6 Å². The van der Waals surface area contributed by atoms with Crippen LogP contribution in [0.15, 0.2) is 82.3 Å². The number of rotatable bonds is 23. The molecule has 21 heteroatoms. The van der Waals surface area contributed by atoms with Crippen LogP contribution >= 0.6 is 0 Å². The molecular formula is C40H57N4O13S4+. The molecule has 1 amide bonds. The third-order valence-corrected chi connectivity index (χ3v) is 14.3. The van der Waals surface area contributed by atoms with E-state index in [1.165, 1.54) is 30.3 Å². The van der Waals surface area contributed by atoms with Gasteiger partial charge in [-0.3, -0.25) is 23.0 Å². The average molecular weight is 930 g/mol. The normalized spacial score (nSPS) is 18.8. The third kappa shape index (κ3) is 13.4. The molecule has 1 atom stereocenters. The maximum Gasteiger partial charge on any atom is 0.294 e. The van der Waals surface area contributed by atoms with Gasteiger partial charge >= 0.3 is 0 Å². The molecule has 1 unspecified atom stereocenters. The minimum absolute atomic E-state index is 0.0107. The van der Waals surface area contributed by atoms with Gasteiger partial charge in [0.25, 0.3) is 40.5 Å². The van der Waals surface area contributed by atoms with Crippen molar-refractivity contribution in [2.75, 3.05) is 42.6 Å². The van der Waals surface area contributed by atoms with Crippen molar-refractivity contribution >= 4 is 63.5 Å². The number of anilines is 1. The highest BCUT2D eigenvalue weighted by Crippen LogP contribution is 2.51. The van der Waals surface area contributed by atoms with Crippen molar-refractivity contribution in [2.45, 2.75) is 99.2 Å². The molecule has 0 saturated heterocycles. The summed E-state index contributed by atoms with van der Waals surface area (Å²) in [6.45, 7) is 7.32. The Bertz CT molecular complexity index is 2530. The lowest BCUT2D eigenvalue weighted by molar-refractivity contribution is -0.438. The second-order valence-electron chi connectivity index (χ2n) is 15.9. The SMILES string of the molecule is CC1(C)C(C=CC=CC=C2N(CCCS(=O)(=O)O)c3ccc(S(=O)(=O)O)cc3C2(C)CCCCS(=O)(=O)O)=[N+](CCCCCC(=O)NCCCN)c2ccc(S(=O)(=O)O)cc21. The summed E-state index contributed by atoms with van der Waals surface area (Å²) in [5.74, 6) is -1.09. The number of nitrogens with one attached hydrogen (secondary N) is 1. The van der Waals surface area contributed by atoms with Crippen LogP contribution in [0.2, 0.25) is 0 Å². The van der Waals surface area contributed by atoms with Gasteiger partial charge in [0.05, 0.1) is 26.7 Å². The number of unbranched alkanes of at least 4 members (excludes halogenated alkanes) is 3. The summed E-state index contributed by atoms with van der Waals surface area (Å²) in [6, 6.07) is 8.50. The summed E-state index contributed by atoms with van der Waals surface area (Å²) in [6.07, 6.45) is 12.7. The van der Waals surface area contributed by atoms with Crippen LogP contribution in [-0.2, 0) is 56.1 Å². The summed E-state index contributed by atoms with van der Waals surface area (Å²) in [5.41, 5.74) is 7.65. The van der Waals surface area contributed by atoms with Crippen LogP contribution in [0.5, 0.6) is 0 Å². The first kappa shape index (κ1) is 49.9. The maximum atomic E-state index is 12.2. The molecule has 7 N–H and O–H groups in total. The molecule has 4 rings (SSSR count). The Morgan fingerprint density at radius 2 is 1.38 bits per heavy atom. The molecule has 0 spiro atoms. The third-order valence-electron chi connectivity index (χ3n) is 11.0. The molecule has 2 aromatic rings. The summed E-state index contributed by atoms with van der Waals surface area (Å²) in [4.78, 5) is 13.4. The number of fused-ring (bicyclic) bond motifs is 2. The fourth-order valence-corrected chi connectivity index (χ4v) is 10.0. The standard InChI is InChI=1S/C40H56N4O13S4/c1-39(2)32-28-30(60(52,53)54)17-19-34(32)43(24-10-5-8-16-38(45)42-23-12-22-41)36(39)14-6-4-7-15-37-40(3,21-9-11-26-58(46,47)48)33-29-31(61(55,56)57)18-20-35(33)44(37)25-13-27-59(49,50)51/h4,6-7,14-15,17-20,28-29H,5,8-13,16,21-27,41H2,1-3H3,(H4-,42,45,46,47,48,49,50,51,52,53,54,55,56,57)/p+1. The first-order valence-corrected chi connectivity index (χ1v) is 26.0. The van der Waals surface area contributed by atoms with Crippen molar-refractivity contribution in [1.29, 1.82) is 0 Å². The number of carbonyl (C=O) groups is 1. The molecule has 0 bridgehead atoms. The van der Waals surface area contributed by atoms with Gasteiger partial charge in [-0.15, -0.1) is 0 Å². The Morgan fingerprint density at radius 1 is 0.754 bits per heavy atom. The molecule has 0 aliphatic carbocycles. The topological polar surface area (TPSA) is 279 Å². The van der Waals surface area contributed by atoms with E-state index < -0.39 is 62.8 Å². The quantitative estimate of drug-likeness (QED) is 0.0382. The number of hydrogen-bond donors (Lipinski definition) is 6. The molecule has 2 aliphatic heterocycles. The van der Waals surface area contributed by atoms with Crippen LogP contribution in [0.4, 0.5) is 11.4 Å². The van der Waals surface area contributed by atoms with Gasteiger partial charge in [0.1, 0.15) is 6.54 Å². The molecule has 2 heterocycles. The number of hydrogen-bond acceptors (Lipinski definition) is 11. The number of amides is 1. The van der Waals surface area contributed by atoms with Crippen LogP contribution in [0.25, 0.3) is 0 Å². The van der Waals surface area contributed by atoms with Gasteiger partial charge in [-0.05, 0) is 108 Å². The van der Waals surface area contributed by atoms with Crippen molar-refractivity contribution in [2.24, 2.45) is 5.73 Å². The average Bonchev–Trinajstić information content (AvgIpc) is 3.50. The second-order valence-corrected chi connectivity index (χ2v) is 21.9. The smallest absolute Gasteiger partial charge is 0.294 e. The predicted octanol–water partition coefficient (Wildman–Crippen LogP) is 4.69. The van der Waals surface area contributed by atoms with Gasteiger partial charge in [-0.2, -0.15) is 38.2 Å². The monoisotopic (exact) mass is 929 g/mol. The van der Waals surface area contributed by atoms with Gasteiger partial charge in [-0.1, -0.05) is 24.6 Å². The molecule has 0 radical (unpaired) electrons. The molecule has 0 saturated carbocycles. The summed E-state index contributed by atoms with van der Waals surface area (Å²) in [5, 5.41) is 2.85. The Kier molecular flexibility index (Phi) is 16.5. The number of carbonyl (C=O) groups excluding carboxylic acids is 1. The fraction of sp³-hybridized carbons (Fsp3) is 0.500.